The van der Waals surface area contributed by atoms with Gasteiger partial charge in [0.2, 0.25) is 0 Å². The molecule has 0 spiro atoms. The van der Waals surface area contributed by atoms with Gasteiger partial charge in [-0.25, -0.2) is 4.98 Å². The number of nitrogens with two attached hydrogens (primary N) is 1. The Morgan fingerprint density at radius 2 is 2.33 bits per heavy atom. The number of pyridine rings is 1. The summed E-state index contributed by atoms with van der Waals surface area (Å²) in [5.41, 5.74) is 6.78. The van der Waals surface area contributed by atoms with Gasteiger partial charge in [0.05, 0.1) is 0 Å². The Labute approximate surface area is 84.3 Å². The van der Waals surface area contributed by atoms with Gasteiger partial charge in [-0.3, -0.25) is 0 Å². The Kier molecular flexibility index (Phi) is 2.10. The summed E-state index contributed by atoms with van der Waals surface area (Å²) in [4.78, 5) is 4.04. The number of nitrogens with zero attached hydrogens (tertiary/aromatic N) is 1. The fraction of sp³-hybridized carbons (Fsp3) is 0.375. The molecule has 1 aliphatic rings. The van der Waals surface area contributed by atoms with Crippen molar-refractivity contribution in [1.82, 2.24) is 4.98 Å². The molecule has 0 bridgehead atoms. The van der Waals surface area contributed by atoms with Gasteiger partial charge in [-0.15, -0.1) is 0 Å². The number of hydrogen-bond donors (Lipinski definition) is 1. The largest absolute Gasteiger partial charge is 0.327 e. The van der Waals surface area contributed by atoms with Crippen molar-refractivity contribution in [3.8, 4) is 0 Å². The number of hydrogen-bond acceptors (Lipinski definition) is 2. The van der Waals surface area contributed by atoms with Crippen molar-refractivity contribution in [2.45, 2.75) is 18.4 Å². The molecule has 1 heterocycles. The highest BCUT2D eigenvalue weighted by Gasteiger charge is 2.36. The maximum Gasteiger partial charge on any atom is 0.132 e. The molecule has 0 radical (unpaired) electrons. The SMILES string of the molecule is NC1CC1c1cc(Br)cnc1Cl. The molecule has 2 rings (SSSR count). The van der Waals surface area contributed by atoms with Gasteiger partial charge < -0.3 is 5.73 Å². The van der Waals surface area contributed by atoms with E-state index < -0.39 is 0 Å². The Morgan fingerprint density at radius 1 is 1.67 bits per heavy atom. The van der Waals surface area contributed by atoms with Crippen LogP contribution in [0.3, 0.4) is 0 Å². The molecule has 2 atom stereocenters. The summed E-state index contributed by atoms with van der Waals surface area (Å²) in [6.45, 7) is 0. The van der Waals surface area contributed by atoms with Crippen LogP contribution in [0.5, 0.6) is 0 Å². The van der Waals surface area contributed by atoms with Crippen LogP contribution in [0, 0.1) is 0 Å². The summed E-state index contributed by atoms with van der Waals surface area (Å²) in [6, 6.07) is 2.27. The second-order valence-electron chi connectivity index (χ2n) is 3.04. The number of rotatable bonds is 1. The quantitative estimate of drug-likeness (QED) is 0.774. The molecule has 1 aromatic heterocycles. The van der Waals surface area contributed by atoms with Crippen LogP contribution in [0.1, 0.15) is 17.9 Å². The number of halogens is 2. The molecule has 2 nitrogen and oxygen atoms in total. The molecule has 1 fully saturated rings. The minimum Gasteiger partial charge on any atom is -0.327 e. The normalized spacial score (nSPS) is 27.2. The van der Waals surface area contributed by atoms with Gasteiger partial charge in [0.15, 0.2) is 0 Å². The van der Waals surface area contributed by atoms with Gasteiger partial charge in [0.25, 0.3) is 0 Å². The predicted octanol–water partition coefficient (Wildman–Crippen LogP) is 2.31. The van der Waals surface area contributed by atoms with E-state index in [4.69, 9.17) is 17.3 Å². The minimum absolute atomic E-state index is 0.276. The monoisotopic (exact) mass is 246 g/mol. The molecule has 1 saturated carbocycles. The first-order valence-electron chi connectivity index (χ1n) is 3.75. The van der Waals surface area contributed by atoms with Crippen molar-refractivity contribution < 1.29 is 0 Å². The second-order valence-corrected chi connectivity index (χ2v) is 4.31. The van der Waals surface area contributed by atoms with Crippen LogP contribution in [0.2, 0.25) is 5.15 Å². The van der Waals surface area contributed by atoms with Crippen LogP contribution in [-0.4, -0.2) is 11.0 Å². The molecule has 1 aliphatic carbocycles. The molecule has 0 amide bonds. The Hall–Kier alpha value is -0.120. The van der Waals surface area contributed by atoms with Gasteiger partial charge in [-0.2, -0.15) is 0 Å². The van der Waals surface area contributed by atoms with Gasteiger partial charge in [-0.1, -0.05) is 11.6 Å². The Balaban J connectivity index is 2.36. The summed E-state index contributed by atoms with van der Waals surface area (Å²) in [5.74, 6) is 0.419. The zero-order valence-corrected chi connectivity index (χ0v) is 8.64. The van der Waals surface area contributed by atoms with Crippen LogP contribution < -0.4 is 5.73 Å². The van der Waals surface area contributed by atoms with E-state index in [1.165, 1.54) is 0 Å². The maximum atomic E-state index is 5.91. The summed E-state index contributed by atoms with van der Waals surface area (Å²) in [6.07, 6.45) is 2.72. The van der Waals surface area contributed by atoms with Crippen LogP contribution in [0.4, 0.5) is 0 Å². The highest BCUT2D eigenvalue weighted by atomic mass is 79.9. The van der Waals surface area contributed by atoms with E-state index in [1.54, 1.807) is 6.20 Å². The Bertz CT molecular complexity index is 316. The second kappa shape index (κ2) is 2.98. The first kappa shape index (κ1) is 8.48. The lowest BCUT2D eigenvalue weighted by molar-refractivity contribution is 0.979. The highest BCUT2D eigenvalue weighted by molar-refractivity contribution is 9.10. The van der Waals surface area contributed by atoms with Gasteiger partial charge >= 0.3 is 0 Å². The summed E-state index contributed by atoms with van der Waals surface area (Å²) < 4.78 is 0.959. The molecule has 2 N–H and O–H groups in total. The smallest absolute Gasteiger partial charge is 0.132 e. The highest BCUT2D eigenvalue weighted by Crippen LogP contribution is 2.42. The van der Waals surface area contributed by atoms with Gasteiger partial charge in [-0.05, 0) is 34.0 Å². The zero-order chi connectivity index (χ0) is 8.72. The van der Waals surface area contributed by atoms with E-state index in [9.17, 15) is 0 Å². The van der Waals surface area contributed by atoms with Crippen molar-refractivity contribution in [2.24, 2.45) is 5.73 Å². The first-order chi connectivity index (χ1) is 5.68. The molecular weight excluding hydrogens is 239 g/mol. The van der Waals surface area contributed by atoms with Gasteiger partial charge in [0.1, 0.15) is 5.15 Å². The summed E-state index contributed by atoms with van der Waals surface area (Å²) in [7, 11) is 0. The molecule has 12 heavy (non-hydrogen) atoms. The van der Waals surface area contributed by atoms with E-state index in [-0.39, 0.29) is 6.04 Å². The number of aromatic nitrogens is 1. The van der Waals surface area contributed by atoms with Crippen LogP contribution >= 0.6 is 27.5 Å². The van der Waals surface area contributed by atoms with E-state index in [2.05, 4.69) is 20.9 Å². The third kappa shape index (κ3) is 1.49. The lowest BCUT2D eigenvalue weighted by atomic mass is 10.2. The fourth-order valence-corrected chi connectivity index (χ4v) is 1.86. The van der Waals surface area contributed by atoms with Crippen molar-refractivity contribution in [2.75, 3.05) is 0 Å². The van der Waals surface area contributed by atoms with Crippen LogP contribution in [0.15, 0.2) is 16.7 Å². The average Bonchev–Trinajstić information content (AvgIpc) is 2.73. The molecule has 64 valence electrons. The Morgan fingerprint density at radius 3 is 2.92 bits per heavy atom. The molecule has 0 saturated heterocycles. The van der Waals surface area contributed by atoms with E-state index in [0.29, 0.717) is 11.1 Å². The molecule has 1 aromatic rings. The van der Waals surface area contributed by atoms with E-state index >= 15 is 0 Å². The molecular formula is C8H8BrClN2. The van der Waals surface area contributed by atoms with Gasteiger partial charge in [0, 0.05) is 22.6 Å². The lowest BCUT2D eigenvalue weighted by Gasteiger charge is -2.01. The molecule has 0 aliphatic heterocycles. The van der Waals surface area contributed by atoms with Crippen molar-refractivity contribution >= 4 is 27.5 Å². The minimum atomic E-state index is 0.276. The average molecular weight is 248 g/mol. The van der Waals surface area contributed by atoms with E-state index in [0.717, 1.165) is 16.5 Å². The topological polar surface area (TPSA) is 38.9 Å². The molecule has 4 heteroatoms. The van der Waals surface area contributed by atoms with Crippen molar-refractivity contribution in [3.63, 3.8) is 0 Å². The molecule has 2 unspecified atom stereocenters. The standard InChI is InChI=1S/C8H8BrClN2/c9-4-1-6(5-2-7(5)11)8(10)12-3-4/h1,3,5,7H,2,11H2. The van der Waals surface area contributed by atoms with Crippen molar-refractivity contribution in [1.29, 1.82) is 0 Å². The van der Waals surface area contributed by atoms with E-state index in [1.807, 2.05) is 6.07 Å². The third-order valence-corrected chi connectivity index (χ3v) is 2.82. The lowest BCUT2D eigenvalue weighted by Crippen LogP contribution is -2.01. The first-order valence-corrected chi connectivity index (χ1v) is 4.92. The zero-order valence-electron chi connectivity index (χ0n) is 6.30. The third-order valence-electron chi connectivity index (χ3n) is 2.07. The van der Waals surface area contributed by atoms with Crippen LogP contribution in [0.25, 0.3) is 0 Å². The van der Waals surface area contributed by atoms with Crippen molar-refractivity contribution in [3.05, 3.63) is 27.5 Å². The molecule has 0 aromatic carbocycles. The van der Waals surface area contributed by atoms with Crippen LogP contribution in [-0.2, 0) is 0 Å². The predicted molar refractivity (Wildman–Crippen MR) is 52.3 cm³/mol. The maximum absolute atomic E-state index is 5.91. The fourth-order valence-electron chi connectivity index (χ4n) is 1.27. The summed E-state index contributed by atoms with van der Waals surface area (Å²) >= 11 is 9.26. The summed E-state index contributed by atoms with van der Waals surface area (Å²) in [5, 5.41) is 0.580.